The highest BCUT2D eigenvalue weighted by Crippen LogP contribution is 2.67. The van der Waals surface area contributed by atoms with Crippen LogP contribution in [0.1, 0.15) is 45.6 Å². The van der Waals surface area contributed by atoms with Gasteiger partial charge in [-0.25, -0.2) is 0 Å². The maximum absolute atomic E-state index is 13.8. The van der Waals surface area contributed by atoms with Crippen LogP contribution < -0.4 is 4.74 Å². The fraction of sp³-hybridized carbons (Fsp3) is 0.600. The zero-order valence-electron chi connectivity index (χ0n) is 17.3. The summed E-state index contributed by atoms with van der Waals surface area (Å²) >= 11 is 3.32. The number of methoxy groups -OCH3 is 1. The van der Waals surface area contributed by atoms with E-state index in [0.717, 1.165) is 33.0 Å². The summed E-state index contributed by atoms with van der Waals surface area (Å²) in [6.07, 6.45) is 0.720. The monoisotopic (exact) mass is 446 g/mol. The second-order valence-electron chi connectivity index (χ2n) is 6.00. The van der Waals surface area contributed by atoms with Crippen molar-refractivity contribution < 1.29 is 23.1 Å². The molecule has 0 aliphatic carbocycles. The predicted octanol–water partition coefficient (Wildman–Crippen LogP) is 6.47. The van der Waals surface area contributed by atoms with Crippen molar-refractivity contribution >= 4 is 31.1 Å². The topological polar surface area (TPSA) is 54.0 Å². The predicted molar refractivity (Wildman–Crippen MR) is 119 cm³/mol. The number of hydrogen-bond acceptors (Lipinski definition) is 7. The van der Waals surface area contributed by atoms with Gasteiger partial charge in [0.1, 0.15) is 11.2 Å². The normalized spacial score (nSPS) is 20.5. The molecular weight excluding hydrogens is 415 g/mol. The molecule has 158 valence electrons. The minimum Gasteiger partial charge on any atom is -0.497 e. The molecule has 1 aliphatic heterocycles. The van der Waals surface area contributed by atoms with E-state index in [1.54, 1.807) is 30.6 Å². The van der Waals surface area contributed by atoms with Crippen molar-refractivity contribution in [1.82, 2.24) is 0 Å². The first-order valence-corrected chi connectivity index (χ1v) is 13.1. The van der Waals surface area contributed by atoms with E-state index < -0.39 is 7.60 Å². The molecule has 1 aromatic carbocycles. The van der Waals surface area contributed by atoms with Crippen molar-refractivity contribution in [2.75, 3.05) is 32.7 Å². The van der Waals surface area contributed by atoms with E-state index in [2.05, 4.69) is 6.92 Å². The molecule has 2 atom stereocenters. The van der Waals surface area contributed by atoms with E-state index in [4.69, 9.17) is 18.5 Å². The Hall–Kier alpha value is -0.430. The molecule has 0 radical (unpaired) electrons. The van der Waals surface area contributed by atoms with Crippen LogP contribution in [-0.4, -0.2) is 38.1 Å². The molecule has 5 nitrogen and oxygen atoms in total. The molecule has 0 N–H and O–H groups in total. The highest BCUT2D eigenvalue weighted by atomic mass is 32.2. The van der Waals surface area contributed by atoms with Crippen LogP contribution in [0.25, 0.3) is 0 Å². The molecule has 8 heteroatoms. The molecule has 0 aromatic heterocycles. The fourth-order valence-corrected chi connectivity index (χ4v) is 8.56. The standard InChI is InChI=1S/C20H31O5PS2/c1-6-23-18-14-17(15-10-12-16(22-5)13-11-15)19(20(28-18)27-9-4)26(21,24-7-2)25-8-3/h10-13,17-18H,6-9,14H2,1-5H3/t17-,18+/m1/s1. The highest BCUT2D eigenvalue weighted by Gasteiger charge is 2.43. The summed E-state index contributed by atoms with van der Waals surface area (Å²) in [4.78, 5) is 0. The van der Waals surface area contributed by atoms with Crippen LogP contribution in [-0.2, 0) is 18.3 Å². The quantitative estimate of drug-likeness (QED) is 0.361. The van der Waals surface area contributed by atoms with E-state index in [9.17, 15) is 4.57 Å². The fourth-order valence-electron chi connectivity index (χ4n) is 3.15. The van der Waals surface area contributed by atoms with Crippen molar-refractivity contribution in [3.05, 3.63) is 39.4 Å². The Labute approximate surface area is 177 Å². The van der Waals surface area contributed by atoms with E-state index in [1.807, 2.05) is 45.0 Å². The number of benzene rings is 1. The summed E-state index contributed by atoms with van der Waals surface area (Å²) in [5.74, 6) is 1.57. The van der Waals surface area contributed by atoms with Crippen LogP contribution in [0.2, 0.25) is 0 Å². The molecule has 0 amide bonds. The Balaban J connectivity index is 2.59. The molecule has 0 saturated carbocycles. The Morgan fingerprint density at radius 3 is 2.21 bits per heavy atom. The third-order valence-corrected chi connectivity index (χ3v) is 9.31. The van der Waals surface area contributed by atoms with Crippen molar-refractivity contribution in [2.45, 2.75) is 45.5 Å². The lowest BCUT2D eigenvalue weighted by atomic mass is 9.95. The average Bonchev–Trinajstić information content (AvgIpc) is 2.68. The molecular formula is C20H31O5PS2. The van der Waals surface area contributed by atoms with Crippen molar-refractivity contribution in [2.24, 2.45) is 0 Å². The SMILES string of the molecule is CCO[C@@H]1C[C@H](c2ccc(OC)cc2)C(P(=O)(OCC)OCC)=C(SCC)S1. The summed E-state index contributed by atoms with van der Waals surface area (Å²) in [6, 6.07) is 7.92. The summed E-state index contributed by atoms with van der Waals surface area (Å²) in [5, 5.41) is 0.772. The van der Waals surface area contributed by atoms with Crippen LogP contribution in [0.15, 0.2) is 33.8 Å². The number of thioether (sulfide) groups is 2. The number of ether oxygens (including phenoxy) is 2. The van der Waals surface area contributed by atoms with Crippen LogP contribution in [0.3, 0.4) is 0 Å². The maximum Gasteiger partial charge on any atom is 0.359 e. The zero-order chi connectivity index (χ0) is 20.6. The smallest absolute Gasteiger partial charge is 0.359 e. The van der Waals surface area contributed by atoms with Gasteiger partial charge in [-0.15, -0.1) is 11.8 Å². The Bertz CT molecular complexity index is 682. The van der Waals surface area contributed by atoms with Gasteiger partial charge < -0.3 is 18.5 Å². The first-order valence-electron chi connectivity index (χ1n) is 9.71. The zero-order valence-corrected chi connectivity index (χ0v) is 19.8. The van der Waals surface area contributed by atoms with Gasteiger partial charge in [0.15, 0.2) is 0 Å². The molecule has 0 bridgehead atoms. The van der Waals surface area contributed by atoms with Gasteiger partial charge in [-0.1, -0.05) is 30.8 Å². The van der Waals surface area contributed by atoms with E-state index >= 15 is 0 Å². The highest BCUT2D eigenvalue weighted by molar-refractivity contribution is 8.22. The minimum absolute atomic E-state index is 0.00612. The van der Waals surface area contributed by atoms with Gasteiger partial charge in [-0.3, -0.25) is 4.57 Å². The van der Waals surface area contributed by atoms with Crippen molar-refractivity contribution in [1.29, 1.82) is 0 Å². The lowest BCUT2D eigenvalue weighted by molar-refractivity contribution is 0.115. The van der Waals surface area contributed by atoms with Crippen molar-refractivity contribution in [3.63, 3.8) is 0 Å². The molecule has 1 heterocycles. The summed E-state index contributed by atoms with van der Waals surface area (Å²) in [7, 11) is -1.77. The minimum atomic E-state index is -3.42. The molecule has 0 saturated heterocycles. The Kier molecular flexibility index (Phi) is 9.94. The summed E-state index contributed by atoms with van der Waals surface area (Å²) in [5.41, 5.74) is 1.07. The van der Waals surface area contributed by atoms with Gasteiger partial charge >= 0.3 is 7.60 Å². The van der Waals surface area contributed by atoms with Crippen LogP contribution in [0, 0.1) is 0 Å². The first-order chi connectivity index (χ1) is 13.5. The van der Waals surface area contributed by atoms with E-state index in [1.165, 1.54) is 0 Å². The maximum atomic E-state index is 13.8. The van der Waals surface area contributed by atoms with Gasteiger partial charge in [0.25, 0.3) is 0 Å². The molecule has 1 aliphatic rings. The van der Waals surface area contributed by atoms with Gasteiger partial charge in [-0.2, -0.15) is 0 Å². The second-order valence-corrected chi connectivity index (χ2v) is 10.7. The van der Waals surface area contributed by atoms with Crippen LogP contribution in [0.5, 0.6) is 5.75 Å². The first kappa shape index (κ1) is 23.8. The number of hydrogen-bond donors (Lipinski definition) is 0. The number of allylic oxidation sites excluding steroid dienone is 1. The summed E-state index contributed by atoms with van der Waals surface area (Å²) < 4.78 is 37.6. The second kappa shape index (κ2) is 11.7. The molecule has 0 spiro atoms. The summed E-state index contributed by atoms with van der Waals surface area (Å²) in [6.45, 7) is 9.09. The molecule has 0 fully saturated rings. The van der Waals surface area contributed by atoms with Gasteiger partial charge in [0, 0.05) is 12.5 Å². The van der Waals surface area contributed by atoms with Crippen LogP contribution >= 0.6 is 31.1 Å². The molecule has 2 rings (SSSR count). The average molecular weight is 447 g/mol. The third kappa shape index (κ3) is 5.80. The Morgan fingerprint density at radius 2 is 1.71 bits per heavy atom. The van der Waals surface area contributed by atoms with Crippen LogP contribution in [0.4, 0.5) is 0 Å². The van der Waals surface area contributed by atoms with Gasteiger partial charge in [0.05, 0.1) is 29.9 Å². The molecule has 1 aromatic rings. The number of rotatable bonds is 11. The van der Waals surface area contributed by atoms with E-state index in [0.29, 0.717) is 19.8 Å². The van der Waals surface area contributed by atoms with Gasteiger partial charge in [-0.05, 0) is 50.6 Å². The molecule has 0 unspecified atom stereocenters. The van der Waals surface area contributed by atoms with Crippen molar-refractivity contribution in [3.8, 4) is 5.75 Å². The molecule has 28 heavy (non-hydrogen) atoms. The largest absolute Gasteiger partial charge is 0.497 e. The van der Waals surface area contributed by atoms with E-state index in [-0.39, 0.29) is 11.4 Å². The third-order valence-electron chi connectivity index (χ3n) is 4.25. The van der Waals surface area contributed by atoms with Gasteiger partial charge in [0.2, 0.25) is 0 Å². The lowest BCUT2D eigenvalue weighted by Crippen LogP contribution is -2.21. The Morgan fingerprint density at radius 1 is 1.07 bits per heavy atom. The lowest BCUT2D eigenvalue weighted by Gasteiger charge is -2.35.